The van der Waals surface area contributed by atoms with Gasteiger partial charge in [0, 0.05) is 18.6 Å². The summed E-state index contributed by atoms with van der Waals surface area (Å²) in [5.74, 6) is 1.05. The second-order valence-electron chi connectivity index (χ2n) is 5.38. The minimum absolute atomic E-state index is 0.530. The first-order valence-corrected chi connectivity index (χ1v) is 6.87. The Bertz CT molecular complexity index is 339. The molecule has 2 unspecified atom stereocenters. The van der Waals surface area contributed by atoms with Gasteiger partial charge < -0.3 is 15.1 Å². The summed E-state index contributed by atoms with van der Waals surface area (Å²) in [6.45, 7) is 6.22. The number of likely N-dealkylation sites (N-methyl/N-ethyl adjacent to an activating group) is 1. The summed E-state index contributed by atoms with van der Waals surface area (Å²) in [7, 11) is 2.20. The monoisotopic (exact) mass is 251 g/mol. The third-order valence-corrected chi connectivity index (χ3v) is 3.90. The Balaban J connectivity index is 2.09. The molecule has 18 heavy (non-hydrogen) atoms. The Morgan fingerprint density at radius 3 is 3.00 bits per heavy atom. The van der Waals surface area contributed by atoms with Crippen LogP contribution >= 0.6 is 0 Å². The molecule has 0 aliphatic carbocycles. The Morgan fingerprint density at radius 2 is 2.33 bits per heavy atom. The van der Waals surface area contributed by atoms with Gasteiger partial charge in [-0.25, -0.2) is 0 Å². The number of furan rings is 1. The molecule has 2 heterocycles. The average Bonchev–Trinajstić information content (AvgIpc) is 2.81. The first kappa shape index (κ1) is 13.6. The lowest BCUT2D eigenvalue weighted by Gasteiger charge is -2.34. The fourth-order valence-electron chi connectivity index (χ4n) is 2.81. The molecule has 1 aliphatic heterocycles. The lowest BCUT2D eigenvalue weighted by molar-refractivity contribution is 0.120. The summed E-state index contributed by atoms with van der Waals surface area (Å²) in [4.78, 5) is 4.97. The average molecular weight is 251 g/mol. The van der Waals surface area contributed by atoms with Gasteiger partial charge in [0.15, 0.2) is 0 Å². The van der Waals surface area contributed by atoms with Crippen molar-refractivity contribution in [1.29, 1.82) is 0 Å². The summed E-state index contributed by atoms with van der Waals surface area (Å²) in [5.41, 5.74) is 5.77. The number of nitrogens with zero attached hydrogens (tertiary/aromatic N) is 2. The minimum atomic E-state index is 0.530. The normalized spacial score (nSPS) is 27.3. The molecule has 2 atom stereocenters. The van der Waals surface area contributed by atoms with Crippen molar-refractivity contribution >= 4 is 0 Å². The highest BCUT2D eigenvalue weighted by molar-refractivity contribution is 4.99. The Labute approximate surface area is 110 Å². The largest absolute Gasteiger partial charge is 0.468 e. The van der Waals surface area contributed by atoms with Crippen molar-refractivity contribution in [1.82, 2.24) is 9.80 Å². The topological polar surface area (TPSA) is 45.6 Å². The maximum Gasteiger partial charge on any atom is 0.117 e. The van der Waals surface area contributed by atoms with E-state index >= 15 is 0 Å². The van der Waals surface area contributed by atoms with Gasteiger partial charge >= 0.3 is 0 Å². The van der Waals surface area contributed by atoms with Crippen LogP contribution < -0.4 is 5.73 Å². The van der Waals surface area contributed by atoms with Crippen LogP contribution in [0.5, 0.6) is 0 Å². The van der Waals surface area contributed by atoms with Crippen LogP contribution in [-0.2, 0) is 6.54 Å². The molecule has 0 spiro atoms. The zero-order chi connectivity index (χ0) is 13.0. The van der Waals surface area contributed by atoms with E-state index in [1.54, 1.807) is 6.26 Å². The highest BCUT2D eigenvalue weighted by Crippen LogP contribution is 2.20. The quantitative estimate of drug-likeness (QED) is 0.881. The molecule has 1 aromatic heterocycles. The smallest absolute Gasteiger partial charge is 0.117 e. The number of hydrogen-bond donors (Lipinski definition) is 1. The van der Waals surface area contributed by atoms with E-state index in [4.69, 9.17) is 10.2 Å². The van der Waals surface area contributed by atoms with Crippen LogP contribution in [0.4, 0.5) is 0 Å². The molecule has 0 radical (unpaired) electrons. The molecule has 4 nitrogen and oxygen atoms in total. The third kappa shape index (κ3) is 3.34. The van der Waals surface area contributed by atoms with Gasteiger partial charge in [-0.15, -0.1) is 0 Å². The number of hydrogen-bond acceptors (Lipinski definition) is 4. The van der Waals surface area contributed by atoms with Crippen molar-refractivity contribution in [2.45, 2.75) is 38.4 Å². The lowest BCUT2D eigenvalue weighted by atomic mass is 10.1. The molecule has 4 heteroatoms. The van der Waals surface area contributed by atoms with E-state index in [1.807, 2.05) is 6.07 Å². The molecule has 102 valence electrons. The lowest BCUT2D eigenvalue weighted by Crippen LogP contribution is -2.44. The molecule has 1 aromatic rings. The van der Waals surface area contributed by atoms with Gasteiger partial charge in [0.2, 0.25) is 0 Å². The van der Waals surface area contributed by atoms with E-state index in [2.05, 4.69) is 29.8 Å². The van der Waals surface area contributed by atoms with E-state index in [-0.39, 0.29) is 0 Å². The predicted molar refractivity (Wildman–Crippen MR) is 73.3 cm³/mol. The van der Waals surface area contributed by atoms with Crippen molar-refractivity contribution in [3.05, 3.63) is 24.2 Å². The fraction of sp³-hybridized carbons (Fsp3) is 0.714. The molecule has 2 rings (SSSR count). The maximum absolute atomic E-state index is 5.77. The zero-order valence-electron chi connectivity index (χ0n) is 11.5. The standard InChI is InChI=1S/C14H25N3O/c1-12-6-8-16(2)10-13(5-7-15)17(12)11-14-4-3-9-18-14/h3-4,9,12-13H,5-8,10-11,15H2,1-2H3. The molecule has 1 saturated heterocycles. The van der Waals surface area contributed by atoms with Gasteiger partial charge in [0.05, 0.1) is 12.8 Å². The van der Waals surface area contributed by atoms with Gasteiger partial charge in [0.1, 0.15) is 5.76 Å². The summed E-state index contributed by atoms with van der Waals surface area (Å²) in [5, 5.41) is 0. The molecule has 1 fully saturated rings. The van der Waals surface area contributed by atoms with E-state index in [0.29, 0.717) is 12.1 Å². The van der Waals surface area contributed by atoms with Crippen molar-refractivity contribution in [2.75, 3.05) is 26.7 Å². The minimum Gasteiger partial charge on any atom is -0.468 e. The summed E-state index contributed by atoms with van der Waals surface area (Å²) < 4.78 is 5.49. The molecule has 1 aliphatic rings. The van der Waals surface area contributed by atoms with Crippen LogP contribution in [0.25, 0.3) is 0 Å². The van der Waals surface area contributed by atoms with E-state index in [1.165, 1.54) is 6.42 Å². The van der Waals surface area contributed by atoms with Gasteiger partial charge in [-0.3, -0.25) is 4.90 Å². The zero-order valence-corrected chi connectivity index (χ0v) is 11.5. The van der Waals surface area contributed by atoms with Crippen LogP contribution in [0.15, 0.2) is 22.8 Å². The van der Waals surface area contributed by atoms with Crippen LogP contribution in [-0.4, -0.2) is 48.6 Å². The Hall–Kier alpha value is -0.840. The maximum atomic E-state index is 5.77. The summed E-state index contributed by atoms with van der Waals surface area (Å²) in [6, 6.07) is 5.13. The van der Waals surface area contributed by atoms with E-state index in [0.717, 1.165) is 38.4 Å². The molecular formula is C14H25N3O. The van der Waals surface area contributed by atoms with Crippen LogP contribution in [0.2, 0.25) is 0 Å². The highest BCUT2D eigenvalue weighted by atomic mass is 16.3. The molecule has 0 bridgehead atoms. The third-order valence-electron chi connectivity index (χ3n) is 3.90. The van der Waals surface area contributed by atoms with Crippen molar-refractivity contribution in [3.8, 4) is 0 Å². The second kappa shape index (κ2) is 6.36. The number of nitrogens with two attached hydrogens (primary N) is 1. The molecule has 2 N–H and O–H groups in total. The Kier molecular flexibility index (Phi) is 4.80. The first-order chi connectivity index (χ1) is 8.70. The van der Waals surface area contributed by atoms with Gasteiger partial charge in [0.25, 0.3) is 0 Å². The first-order valence-electron chi connectivity index (χ1n) is 6.87. The van der Waals surface area contributed by atoms with Crippen LogP contribution in [0.1, 0.15) is 25.5 Å². The molecular weight excluding hydrogens is 226 g/mol. The van der Waals surface area contributed by atoms with Crippen LogP contribution in [0.3, 0.4) is 0 Å². The van der Waals surface area contributed by atoms with Crippen molar-refractivity contribution in [3.63, 3.8) is 0 Å². The predicted octanol–water partition coefficient (Wildman–Crippen LogP) is 1.52. The van der Waals surface area contributed by atoms with Crippen LogP contribution in [0, 0.1) is 0 Å². The second-order valence-corrected chi connectivity index (χ2v) is 5.38. The molecule has 0 amide bonds. The van der Waals surface area contributed by atoms with Crippen molar-refractivity contribution < 1.29 is 4.42 Å². The van der Waals surface area contributed by atoms with E-state index < -0.39 is 0 Å². The fourth-order valence-corrected chi connectivity index (χ4v) is 2.81. The van der Waals surface area contributed by atoms with Crippen molar-refractivity contribution in [2.24, 2.45) is 5.73 Å². The summed E-state index contributed by atoms with van der Waals surface area (Å²) in [6.07, 6.45) is 4.01. The molecule has 0 aromatic carbocycles. The van der Waals surface area contributed by atoms with Gasteiger partial charge in [-0.2, -0.15) is 0 Å². The number of rotatable bonds is 4. The molecule has 0 saturated carbocycles. The van der Waals surface area contributed by atoms with Gasteiger partial charge in [-0.1, -0.05) is 0 Å². The summed E-state index contributed by atoms with van der Waals surface area (Å²) >= 11 is 0. The Morgan fingerprint density at radius 1 is 1.50 bits per heavy atom. The highest BCUT2D eigenvalue weighted by Gasteiger charge is 2.28. The van der Waals surface area contributed by atoms with E-state index in [9.17, 15) is 0 Å². The van der Waals surface area contributed by atoms with Gasteiger partial charge in [-0.05, 0) is 52.0 Å². The SMILES string of the molecule is CC1CCN(C)CC(CCN)N1Cc1ccco1.